The number of thioether (sulfide) groups is 1. The molecular formula is C17H29N3O2S2. The van der Waals surface area contributed by atoms with E-state index in [1.807, 2.05) is 0 Å². The van der Waals surface area contributed by atoms with Crippen LogP contribution in [0.2, 0.25) is 0 Å². The first kappa shape index (κ1) is 19.4. The van der Waals surface area contributed by atoms with E-state index in [2.05, 4.69) is 30.3 Å². The molecule has 1 fully saturated rings. The minimum absolute atomic E-state index is 0.115. The van der Waals surface area contributed by atoms with E-state index in [0.29, 0.717) is 18.4 Å². The Morgan fingerprint density at radius 3 is 2.75 bits per heavy atom. The molecule has 0 spiro atoms. The van der Waals surface area contributed by atoms with Gasteiger partial charge in [-0.05, 0) is 55.2 Å². The topological polar surface area (TPSA) is 64.5 Å². The first-order valence-electron chi connectivity index (χ1n) is 8.50. The fraction of sp³-hybridized carbons (Fsp3) is 0.706. The van der Waals surface area contributed by atoms with Crippen LogP contribution in [-0.4, -0.2) is 55.4 Å². The van der Waals surface area contributed by atoms with E-state index < -0.39 is 10.0 Å². The Morgan fingerprint density at radius 1 is 1.42 bits per heavy atom. The van der Waals surface area contributed by atoms with Gasteiger partial charge in [0.15, 0.2) is 5.17 Å². The zero-order valence-electron chi connectivity index (χ0n) is 14.9. The molecule has 0 aromatic carbocycles. The van der Waals surface area contributed by atoms with Crippen molar-refractivity contribution >= 4 is 27.0 Å². The van der Waals surface area contributed by atoms with Crippen LogP contribution in [0, 0.1) is 17.2 Å². The molecule has 1 heterocycles. The van der Waals surface area contributed by atoms with Crippen molar-refractivity contribution in [3.63, 3.8) is 0 Å². The molecule has 2 atom stereocenters. The van der Waals surface area contributed by atoms with Crippen molar-refractivity contribution in [2.24, 2.45) is 11.8 Å². The van der Waals surface area contributed by atoms with Gasteiger partial charge in [-0.1, -0.05) is 30.7 Å². The Labute approximate surface area is 150 Å². The fourth-order valence-electron chi connectivity index (χ4n) is 3.79. The summed E-state index contributed by atoms with van der Waals surface area (Å²) in [6.07, 6.45) is 15.0. The Bertz CT molecular complexity index is 613. The monoisotopic (exact) mass is 371 g/mol. The van der Waals surface area contributed by atoms with Crippen molar-refractivity contribution in [1.82, 2.24) is 9.21 Å². The molecule has 0 radical (unpaired) electrons. The molecule has 0 aromatic heterocycles. The summed E-state index contributed by atoms with van der Waals surface area (Å²) in [5.74, 6) is 1.04. The van der Waals surface area contributed by atoms with Crippen LogP contribution in [0.1, 0.15) is 32.1 Å². The second kappa shape index (κ2) is 8.43. The van der Waals surface area contributed by atoms with Gasteiger partial charge in [-0.2, -0.15) is 0 Å². The lowest BCUT2D eigenvalue weighted by Crippen LogP contribution is -2.37. The summed E-state index contributed by atoms with van der Waals surface area (Å²) in [6, 6.07) is 0. The molecule has 136 valence electrons. The lowest BCUT2D eigenvalue weighted by atomic mass is 9.73. The van der Waals surface area contributed by atoms with Crippen LogP contribution in [0.5, 0.6) is 0 Å². The van der Waals surface area contributed by atoms with Crippen molar-refractivity contribution in [3.05, 3.63) is 23.9 Å². The van der Waals surface area contributed by atoms with Crippen LogP contribution in [0.15, 0.2) is 23.9 Å². The molecule has 1 N–H and O–H groups in total. The molecule has 0 amide bonds. The molecule has 2 aliphatic rings. The van der Waals surface area contributed by atoms with Gasteiger partial charge in [0.05, 0.1) is 6.26 Å². The summed E-state index contributed by atoms with van der Waals surface area (Å²) >= 11 is 1.18. The Hall–Kier alpha value is -0.950. The highest BCUT2D eigenvalue weighted by molar-refractivity contribution is 8.14. The van der Waals surface area contributed by atoms with Gasteiger partial charge in [-0.25, -0.2) is 12.7 Å². The number of likely N-dealkylation sites (N-methyl/N-ethyl adjacent to an activating group) is 1. The molecule has 5 nitrogen and oxygen atoms in total. The van der Waals surface area contributed by atoms with Crippen molar-refractivity contribution in [1.29, 1.82) is 5.41 Å². The average molecular weight is 372 g/mol. The zero-order valence-corrected chi connectivity index (χ0v) is 16.5. The van der Waals surface area contributed by atoms with Gasteiger partial charge >= 0.3 is 0 Å². The molecule has 7 heteroatoms. The van der Waals surface area contributed by atoms with Gasteiger partial charge in [0, 0.05) is 20.1 Å². The van der Waals surface area contributed by atoms with Crippen LogP contribution in [-0.2, 0) is 10.0 Å². The third-order valence-electron chi connectivity index (χ3n) is 4.99. The first-order chi connectivity index (χ1) is 11.3. The van der Waals surface area contributed by atoms with Gasteiger partial charge in [-0.15, -0.1) is 0 Å². The number of hydrogen-bond donors (Lipinski definition) is 1. The van der Waals surface area contributed by atoms with Crippen molar-refractivity contribution in [3.8, 4) is 0 Å². The van der Waals surface area contributed by atoms with E-state index in [9.17, 15) is 8.42 Å². The molecule has 0 aromatic rings. The van der Waals surface area contributed by atoms with Crippen molar-refractivity contribution in [2.45, 2.75) is 32.1 Å². The Morgan fingerprint density at radius 2 is 2.12 bits per heavy atom. The second-order valence-electron chi connectivity index (χ2n) is 6.78. The normalized spacial score (nSPS) is 24.6. The van der Waals surface area contributed by atoms with E-state index >= 15 is 0 Å². The van der Waals surface area contributed by atoms with Gasteiger partial charge in [0.1, 0.15) is 0 Å². The van der Waals surface area contributed by atoms with E-state index in [4.69, 9.17) is 5.41 Å². The second-order valence-corrected chi connectivity index (χ2v) is 9.48. The lowest BCUT2D eigenvalue weighted by molar-refractivity contribution is 0.239. The summed E-state index contributed by atoms with van der Waals surface area (Å²) in [4.78, 5) is 2.20. The molecule has 1 saturated carbocycles. The van der Waals surface area contributed by atoms with Gasteiger partial charge < -0.3 is 4.90 Å². The predicted octanol–water partition coefficient (Wildman–Crippen LogP) is 3.13. The number of rotatable bonds is 5. The third kappa shape index (κ3) is 5.02. The highest BCUT2D eigenvalue weighted by atomic mass is 32.2. The summed E-state index contributed by atoms with van der Waals surface area (Å²) in [5.41, 5.74) is 1.47. The van der Waals surface area contributed by atoms with E-state index in [0.717, 1.165) is 19.4 Å². The van der Waals surface area contributed by atoms with Gasteiger partial charge in [0.25, 0.3) is 0 Å². The number of nitrogens with zero attached hydrogens (tertiary/aromatic N) is 2. The van der Waals surface area contributed by atoms with E-state index in [1.54, 1.807) is 6.26 Å². The molecule has 0 bridgehead atoms. The maximum Gasteiger partial charge on any atom is 0.233 e. The standard InChI is InChI=1S/C17H29N3O2S2/c1-19-11-6-8-15(13-19)16-9-5-4-7-14(16)10-12-20(17(18)23-2)24(3,21)22/h6,8,11,14,16,18H,4-5,7,9-10,12-13H2,1-3H3/t14-,16+/m0/s1. The summed E-state index contributed by atoms with van der Waals surface area (Å²) < 4.78 is 25.2. The highest BCUT2D eigenvalue weighted by Crippen LogP contribution is 2.38. The lowest BCUT2D eigenvalue weighted by Gasteiger charge is -2.36. The Kier molecular flexibility index (Phi) is 6.80. The van der Waals surface area contributed by atoms with Crippen LogP contribution in [0.25, 0.3) is 0 Å². The van der Waals surface area contributed by atoms with Crippen molar-refractivity contribution in [2.75, 3.05) is 32.6 Å². The van der Waals surface area contributed by atoms with Crippen molar-refractivity contribution < 1.29 is 8.42 Å². The molecule has 0 saturated heterocycles. The Balaban J connectivity index is 2.07. The molecule has 1 aliphatic carbocycles. The van der Waals surface area contributed by atoms with Gasteiger partial charge in [-0.3, -0.25) is 5.41 Å². The third-order valence-corrected chi connectivity index (χ3v) is 6.88. The van der Waals surface area contributed by atoms with Crippen LogP contribution < -0.4 is 0 Å². The number of sulfonamides is 1. The fourth-order valence-corrected chi connectivity index (χ4v) is 5.45. The zero-order chi connectivity index (χ0) is 17.7. The number of nitrogens with one attached hydrogen (secondary N) is 1. The molecule has 24 heavy (non-hydrogen) atoms. The van der Waals surface area contributed by atoms with Crippen LogP contribution in [0.3, 0.4) is 0 Å². The predicted molar refractivity (Wildman–Crippen MR) is 103 cm³/mol. The van der Waals surface area contributed by atoms with E-state index in [1.165, 1.54) is 47.2 Å². The maximum absolute atomic E-state index is 12.0. The summed E-state index contributed by atoms with van der Waals surface area (Å²) in [6.45, 7) is 1.38. The quantitative estimate of drug-likeness (QED) is 0.596. The minimum Gasteiger partial charge on any atom is -0.376 e. The van der Waals surface area contributed by atoms with E-state index in [-0.39, 0.29) is 5.17 Å². The molecule has 2 rings (SSSR count). The highest BCUT2D eigenvalue weighted by Gasteiger charge is 2.30. The molecular weight excluding hydrogens is 342 g/mol. The largest absolute Gasteiger partial charge is 0.376 e. The average Bonchev–Trinajstić information content (AvgIpc) is 2.54. The minimum atomic E-state index is -3.37. The number of allylic oxidation sites excluding steroid dienone is 2. The summed E-state index contributed by atoms with van der Waals surface area (Å²) in [5, 5.41) is 8.04. The van der Waals surface area contributed by atoms with Gasteiger partial charge in [0.2, 0.25) is 10.0 Å². The summed E-state index contributed by atoms with van der Waals surface area (Å²) in [7, 11) is -1.28. The number of hydrogen-bond acceptors (Lipinski definition) is 5. The van der Waals surface area contributed by atoms with Crippen LogP contribution >= 0.6 is 11.8 Å². The number of amidine groups is 1. The molecule has 0 unspecified atom stereocenters. The maximum atomic E-state index is 12.0. The smallest absolute Gasteiger partial charge is 0.233 e. The molecule has 1 aliphatic heterocycles. The SMILES string of the molecule is CSC(=N)N(CC[C@@H]1CCCC[C@H]1C1=CC=CN(C)C1)S(C)(=O)=O. The first-order valence-corrected chi connectivity index (χ1v) is 11.6. The van der Waals surface area contributed by atoms with Crippen LogP contribution in [0.4, 0.5) is 0 Å².